The largest absolute Gasteiger partial charge is 0.514 e. The minimum Gasteiger partial charge on any atom is -0.376 e. The van der Waals surface area contributed by atoms with E-state index in [0.29, 0.717) is 0 Å². The molecule has 0 radical (unpaired) electrons. The minimum absolute atomic E-state index is 0.154. The van der Waals surface area contributed by atoms with E-state index in [4.69, 9.17) is 26.6 Å². The van der Waals surface area contributed by atoms with Gasteiger partial charge in [0.2, 0.25) is 0 Å². The standard InChI is InChI=1S/C12H30O6S3Si2/c1-9-11(22(13-3,14-4)15-5)19-21-20-12(10-2)23(16-6,17-7)18-8/h11-12H,9-10H2,1-8H3. The van der Waals surface area contributed by atoms with Crippen LogP contribution in [0.1, 0.15) is 26.7 Å². The molecule has 0 aromatic rings. The lowest BCUT2D eigenvalue weighted by atomic mass is 10.6. The summed E-state index contributed by atoms with van der Waals surface area (Å²) in [5, 5.41) is 0. The molecule has 0 N–H and O–H groups in total. The first kappa shape index (κ1) is 24.2. The molecule has 0 aliphatic rings. The van der Waals surface area contributed by atoms with E-state index in [-0.39, 0.29) is 9.75 Å². The van der Waals surface area contributed by atoms with Gasteiger partial charge in [0.25, 0.3) is 0 Å². The topological polar surface area (TPSA) is 55.4 Å². The van der Waals surface area contributed by atoms with Crippen molar-refractivity contribution in [3.63, 3.8) is 0 Å². The molecule has 0 aromatic carbocycles. The van der Waals surface area contributed by atoms with Gasteiger partial charge in [-0.2, -0.15) is 0 Å². The fourth-order valence-electron chi connectivity index (χ4n) is 2.16. The summed E-state index contributed by atoms with van der Waals surface area (Å²) in [6.45, 7) is 4.22. The van der Waals surface area contributed by atoms with E-state index in [2.05, 4.69) is 13.8 Å². The van der Waals surface area contributed by atoms with Crippen LogP contribution in [0.4, 0.5) is 0 Å². The quantitative estimate of drug-likeness (QED) is 0.309. The van der Waals surface area contributed by atoms with E-state index in [0.717, 1.165) is 12.8 Å². The Morgan fingerprint density at radius 3 is 1.04 bits per heavy atom. The molecule has 0 saturated carbocycles. The van der Waals surface area contributed by atoms with Crippen molar-refractivity contribution in [3.8, 4) is 0 Å². The average molecular weight is 423 g/mol. The predicted octanol–water partition coefficient (Wildman–Crippen LogP) is 3.41. The van der Waals surface area contributed by atoms with Crippen LogP contribution < -0.4 is 0 Å². The van der Waals surface area contributed by atoms with E-state index >= 15 is 0 Å². The Morgan fingerprint density at radius 2 is 0.870 bits per heavy atom. The average Bonchev–Trinajstić information content (AvgIpc) is 2.61. The van der Waals surface area contributed by atoms with Gasteiger partial charge in [-0.05, 0) is 22.7 Å². The second-order valence-corrected chi connectivity index (χ2v) is 16.0. The fourth-order valence-corrected chi connectivity index (χ4v) is 16.8. The Labute approximate surface area is 154 Å². The SMILES string of the molecule is CCC(SSSC(CC)[Si](OC)(OC)OC)[Si](OC)(OC)OC. The van der Waals surface area contributed by atoms with E-state index in [1.165, 1.54) is 0 Å². The maximum atomic E-state index is 5.59. The molecule has 0 aliphatic carbocycles. The van der Waals surface area contributed by atoms with Gasteiger partial charge in [0.1, 0.15) is 0 Å². The highest BCUT2D eigenvalue weighted by Gasteiger charge is 2.49. The van der Waals surface area contributed by atoms with Crippen LogP contribution in [-0.2, 0) is 26.6 Å². The molecular weight excluding hydrogens is 392 g/mol. The monoisotopic (exact) mass is 422 g/mol. The first-order valence-electron chi connectivity index (χ1n) is 7.29. The van der Waals surface area contributed by atoms with Gasteiger partial charge in [0.05, 0.1) is 9.75 Å². The molecule has 2 atom stereocenters. The van der Waals surface area contributed by atoms with Gasteiger partial charge in [-0.1, -0.05) is 35.4 Å². The van der Waals surface area contributed by atoms with Crippen LogP contribution in [-0.4, -0.2) is 70.0 Å². The highest BCUT2D eigenvalue weighted by Crippen LogP contribution is 2.46. The summed E-state index contributed by atoms with van der Waals surface area (Å²) in [6.07, 6.45) is 1.80. The molecule has 0 spiro atoms. The zero-order valence-corrected chi connectivity index (χ0v) is 19.7. The molecule has 0 bridgehead atoms. The van der Waals surface area contributed by atoms with Crippen LogP contribution in [0.3, 0.4) is 0 Å². The molecule has 0 heterocycles. The summed E-state index contributed by atoms with van der Waals surface area (Å²) >= 11 is 0. The first-order chi connectivity index (χ1) is 11.0. The normalized spacial score (nSPS) is 15.7. The van der Waals surface area contributed by atoms with Crippen LogP contribution in [0.25, 0.3) is 0 Å². The van der Waals surface area contributed by atoms with Gasteiger partial charge in [-0.15, -0.1) is 0 Å². The van der Waals surface area contributed by atoms with Crippen molar-refractivity contribution in [2.45, 2.75) is 36.4 Å². The minimum atomic E-state index is -2.65. The Bertz CT molecular complexity index is 264. The van der Waals surface area contributed by atoms with E-state index in [1.807, 2.05) is 0 Å². The maximum Gasteiger partial charge on any atom is 0.514 e. The lowest BCUT2D eigenvalue weighted by Gasteiger charge is -2.32. The number of hydrogen-bond acceptors (Lipinski definition) is 9. The Balaban J connectivity index is 4.82. The predicted molar refractivity (Wildman–Crippen MR) is 104 cm³/mol. The molecule has 2 unspecified atom stereocenters. The molecule has 0 amide bonds. The van der Waals surface area contributed by atoms with Crippen molar-refractivity contribution >= 4 is 49.0 Å². The van der Waals surface area contributed by atoms with Crippen molar-refractivity contribution < 1.29 is 26.6 Å². The van der Waals surface area contributed by atoms with Crippen molar-refractivity contribution in [1.29, 1.82) is 0 Å². The molecule has 6 nitrogen and oxygen atoms in total. The molecule has 0 aromatic heterocycles. The lowest BCUT2D eigenvalue weighted by Crippen LogP contribution is -2.53. The third-order valence-electron chi connectivity index (χ3n) is 3.55. The van der Waals surface area contributed by atoms with Gasteiger partial charge < -0.3 is 26.6 Å². The molecule has 0 rings (SSSR count). The maximum absolute atomic E-state index is 5.59. The molecular formula is C12H30O6S3Si2. The lowest BCUT2D eigenvalue weighted by molar-refractivity contribution is 0.121. The van der Waals surface area contributed by atoms with Crippen LogP contribution in [0, 0.1) is 0 Å². The fraction of sp³-hybridized carbons (Fsp3) is 1.00. The highest BCUT2D eigenvalue weighted by molar-refractivity contribution is 9.09. The van der Waals surface area contributed by atoms with Gasteiger partial charge in [-0.3, -0.25) is 0 Å². The summed E-state index contributed by atoms with van der Waals surface area (Å²) < 4.78 is 33.5. The smallest absolute Gasteiger partial charge is 0.376 e. The van der Waals surface area contributed by atoms with Crippen LogP contribution >= 0.6 is 31.4 Å². The van der Waals surface area contributed by atoms with E-state index in [9.17, 15) is 0 Å². The summed E-state index contributed by atoms with van der Waals surface area (Å²) in [7, 11) is 9.69. The van der Waals surface area contributed by atoms with Gasteiger partial charge in [0.15, 0.2) is 0 Å². The van der Waals surface area contributed by atoms with Crippen LogP contribution in [0.15, 0.2) is 0 Å². The number of rotatable bonds is 14. The van der Waals surface area contributed by atoms with Crippen molar-refractivity contribution in [1.82, 2.24) is 0 Å². The Kier molecular flexibility index (Phi) is 13.3. The number of hydrogen-bond donors (Lipinski definition) is 0. The summed E-state index contributed by atoms with van der Waals surface area (Å²) in [5.74, 6) is 0. The molecule has 0 saturated heterocycles. The third-order valence-corrected chi connectivity index (χ3v) is 17.4. The Morgan fingerprint density at radius 1 is 0.609 bits per heavy atom. The van der Waals surface area contributed by atoms with Crippen LogP contribution in [0.2, 0.25) is 0 Å². The van der Waals surface area contributed by atoms with Crippen molar-refractivity contribution in [2.24, 2.45) is 0 Å². The molecule has 0 aliphatic heterocycles. The second kappa shape index (κ2) is 12.6. The second-order valence-electron chi connectivity index (χ2n) is 4.49. The zero-order valence-electron chi connectivity index (χ0n) is 15.2. The summed E-state index contributed by atoms with van der Waals surface area (Å²) in [6, 6.07) is 0. The first-order valence-corrected chi connectivity index (χ1v) is 14.5. The van der Waals surface area contributed by atoms with Crippen LogP contribution in [0.5, 0.6) is 0 Å². The summed E-state index contributed by atoms with van der Waals surface area (Å²) in [5.41, 5.74) is 0. The zero-order chi connectivity index (χ0) is 17.9. The van der Waals surface area contributed by atoms with E-state index < -0.39 is 17.6 Å². The van der Waals surface area contributed by atoms with Crippen molar-refractivity contribution in [2.75, 3.05) is 42.7 Å². The molecule has 11 heteroatoms. The molecule has 23 heavy (non-hydrogen) atoms. The van der Waals surface area contributed by atoms with Gasteiger partial charge in [0, 0.05) is 42.7 Å². The highest BCUT2D eigenvalue weighted by atomic mass is 33.5. The third kappa shape index (κ3) is 6.17. The van der Waals surface area contributed by atoms with E-state index in [1.54, 1.807) is 74.1 Å². The summed E-state index contributed by atoms with van der Waals surface area (Å²) in [4.78, 5) is 0.308. The molecule has 0 fully saturated rings. The van der Waals surface area contributed by atoms with Crippen molar-refractivity contribution in [3.05, 3.63) is 0 Å². The molecule has 140 valence electrons. The van der Waals surface area contributed by atoms with Gasteiger partial charge in [-0.25, -0.2) is 0 Å². The Hall–Kier alpha value is 1.24. The van der Waals surface area contributed by atoms with Gasteiger partial charge >= 0.3 is 17.6 Å².